The molecule has 0 atom stereocenters. The zero-order valence-electron chi connectivity index (χ0n) is 19.2. The van der Waals surface area contributed by atoms with Gasteiger partial charge in [-0.15, -0.1) is 0 Å². The van der Waals surface area contributed by atoms with E-state index < -0.39 is 0 Å². The quantitative estimate of drug-likeness (QED) is 0.520. The van der Waals surface area contributed by atoms with Crippen molar-refractivity contribution in [2.24, 2.45) is 0 Å². The van der Waals surface area contributed by atoms with Crippen LogP contribution in [0.1, 0.15) is 45.1 Å². The van der Waals surface area contributed by atoms with Crippen molar-refractivity contribution in [3.05, 3.63) is 36.0 Å². The van der Waals surface area contributed by atoms with E-state index in [0.717, 1.165) is 41.8 Å². The molecule has 0 spiro atoms. The van der Waals surface area contributed by atoms with E-state index in [2.05, 4.69) is 47.0 Å². The fourth-order valence-electron chi connectivity index (χ4n) is 4.24. The molecule has 0 aliphatic heterocycles. The number of fused-ring (bicyclic) bond motifs is 1. The van der Waals surface area contributed by atoms with Crippen LogP contribution in [0, 0.1) is 0 Å². The fraction of sp³-hybridized carbons (Fsp3) is 0.478. The molecule has 32 heavy (non-hydrogen) atoms. The Morgan fingerprint density at radius 1 is 1.16 bits per heavy atom. The van der Waals surface area contributed by atoms with E-state index in [-0.39, 0.29) is 5.91 Å². The van der Waals surface area contributed by atoms with E-state index in [4.69, 9.17) is 9.97 Å². The Morgan fingerprint density at radius 3 is 2.59 bits per heavy atom. The molecule has 1 fully saturated rings. The van der Waals surface area contributed by atoms with E-state index in [0.29, 0.717) is 24.0 Å². The Morgan fingerprint density at radius 2 is 1.91 bits per heavy atom. The second kappa shape index (κ2) is 9.52. The van der Waals surface area contributed by atoms with Crippen LogP contribution < -0.4 is 16.0 Å². The average Bonchev–Trinajstić information content (AvgIpc) is 3.17. The van der Waals surface area contributed by atoms with Gasteiger partial charge in [-0.25, -0.2) is 0 Å². The van der Waals surface area contributed by atoms with Crippen molar-refractivity contribution in [2.45, 2.75) is 58.0 Å². The summed E-state index contributed by atoms with van der Waals surface area (Å²) in [7, 11) is 4.31. The zero-order chi connectivity index (χ0) is 22.7. The van der Waals surface area contributed by atoms with E-state index >= 15 is 0 Å². The molecule has 9 nitrogen and oxygen atoms in total. The number of carbonyl (C=O) groups excluding carboxylic acids is 1. The van der Waals surface area contributed by atoms with Crippen molar-refractivity contribution >= 4 is 34.8 Å². The molecule has 3 aromatic rings. The lowest BCUT2D eigenvalue weighted by atomic mass is 9.91. The summed E-state index contributed by atoms with van der Waals surface area (Å²) in [6.07, 6.45) is 7.21. The molecule has 1 aliphatic carbocycles. The van der Waals surface area contributed by atoms with Crippen LogP contribution in [0.25, 0.3) is 5.65 Å². The van der Waals surface area contributed by atoms with E-state index in [1.165, 1.54) is 19.8 Å². The number of rotatable bonds is 7. The van der Waals surface area contributed by atoms with Crippen LogP contribution in [0.5, 0.6) is 0 Å². The summed E-state index contributed by atoms with van der Waals surface area (Å²) in [6.45, 7) is 3.59. The largest absolute Gasteiger partial charge is 0.351 e. The summed E-state index contributed by atoms with van der Waals surface area (Å²) < 4.78 is 1.73. The zero-order valence-corrected chi connectivity index (χ0v) is 19.2. The highest BCUT2D eigenvalue weighted by Gasteiger charge is 2.23. The SMILES string of the molecule is CCc1cnn2c(Nc3cccc(NC(C)=O)c3)nc(NC3CCC(N(C)C)CC3)nc12. The van der Waals surface area contributed by atoms with Crippen LogP contribution in [0.4, 0.5) is 23.3 Å². The molecule has 1 aliphatic rings. The van der Waals surface area contributed by atoms with E-state index in [1.54, 1.807) is 4.52 Å². The molecule has 0 saturated heterocycles. The highest BCUT2D eigenvalue weighted by Crippen LogP contribution is 2.26. The van der Waals surface area contributed by atoms with Gasteiger partial charge in [-0.05, 0) is 64.4 Å². The lowest BCUT2D eigenvalue weighted by Gasteiger charge is -2.33. The maximum Gasteiger partial charge on any atom is 0.233 e. The number of carbonyl (C=O) groups is 1. The second-order valence-corrected chi connectivity index (χ2v) is 8.63. The minimum absolute atomic E-state index is 0.110. The lowest BCUT2D eigenvalue weighted by molar-refractivity contribution is -0.114. The van der Waals surface area contributed by atoms with Gasteiger partial charge in [0.05, 0.1) is 6.20 Å². The number of nitrogens with one attached hydrogen (secondary N) is 3. The number of aryl methyl sites for hydroxylation is 1. The molecule has 1 aromatic carbocycles. The van der Waals surface area contributed by atoms with Gasteiger partial charge in [0.2, 0.25) is 17.8 Å². The summed E-state index contributed by atoms with van der Waals surface area (Å²) in [5, 5.41) is 14.2. The summed E-state index contributed by atoms with van der Waals surface area (Å²) in [5.41, 5.74) is 3.40. The summed E-state index contributed by atoms with van der Waals surface area (Å²) >= 11 is 0. The number of aromatic nitrogens is 4. The van der Waals surface area contributed by atoms with Gasteiger partial charge >= 0.3 is 0 Å². The monoisotopic (exact) mass is 436 g/mol. The first-order chi connectivity index (χ1) is 15.4. The van der Waals surface area contributed by atoms with Gasteiger partial charge < -0.3 is 20.9 Å². The summed E-state index contributed by atoms with van der Waals surface area (Å²) in [6, 6.07) is 8.54. The van der Waals surface area contributed by atoms with Crippen LogP contribution >= 0.6 is 0 Å². The van der Waals surface area contributed by atoms with Crippen molar-refractivity contribution in [1.82, 2.24) is 24.5 Å². The van der Waals surface area contributed by atoms with Gasteiger partial charge in [0.25, 0.3) is 0 Å². The minimum Gasteiger partial charge on any atom is -0.351 e. The van der Waals surface area contributed by atoms with Crippen LogP contribution in [0.2, 0.25) is 0 Å². The third-order valence-electron chi connectivity index (χ3n) is 6.02. The van der Waals surface area contributed by atoms with Gasteiger partial charge in [0.1, 0.15) is 0 Å². The number of amides is 1. The number of hydrogen-bond acceptors (Lipinski definition) is 7. The first-order valence-corrected chi connectivity index (χ1v) is 11.2. The number of benzene rings is 1. The van der Waals surface area contributed by atoms with Crippen LogP contribution in [0.15, 0.2) is 30.5 Å². The standard InChI is InChI=1S/C23H32N8O/c1-5-16-14-24-31-21(16)28-22(26-17-9-11-20(12-10-17)30(3)4)29-23(31)27-19-8-6-7-18(13-19)25-15(2)32/h6-8,13-14,17,20H,5,9-12H2,1-4H3,(H,25,32)(H2,26,27,28,29). The highest BCUT2D eigenvalue weighted by molar-refractivity contribution is 5.89. The Hall–Kier alpha value is -3.20. The summed E-state index contributed by atoms with van der Waals surface area (Å²) in [5.74, 6) is 1.09. The van der Waals surface area contributed by atoms with Crippen LogP contribution in [0.3, 0.4) is 0 Å². The van der Waals surface area contributed by atoms with Crippen molar-refractivity contribution in [3.8, 4) is 0 Å². The molecule has 2 aromatic heterocycles. The predicted molar refractivity (Wildman–Crippen MR) is 128 cm³/mol. The van der Waals surface area contributed by atoms with Crippen molar-refractivity contribution < 1.29 is 4.79 Å². The predicted octanol–water partition coefficient (Wildman–Crippen LogP) is 3.67. The number of nitrogens with zero attached hydrogens (tertiary/aromatic N) is 5. The molecular formula is C23H32N8O. The van der Waals surface area contributed by atoms with Gasteiger partial charge in [-0.1, -0.05) is 13.0 Å². The third kappa shape index (κ3) is 4.99. The summed E-state index contributed by atoms with van der Waals surface area (Å²) in [4.78, 5) is 23.3. The fourth-order valence-corrected chi connectivity index (χ4v) is 4.24. The Kier molecular flexibility index (Phi) is 6.55. The first kappa shape index (κ1) is 22.0. The van der Waals surface area contributed by atoms with E-state index in [9.17, 15) is 4.79 Å². The molecule has 170 valence electrons. The lowest BCUT2D eigenvalue weighted by Crippen LogP contribution is -2.36. The number of hydrogen-bond donors (Lipinski definition) is 3. The first-order valence-electron chi connectivity index (χ1n) is 11.2. The van der Waals surface area contributed by atoms with Crippen LogP contribution in [-0.2, 0) is 11.2 Å². The Labute approximate surface area is 188 Å². The third-order valence-corrected chi connectivity index (χ3v) is 6.02. The maximum absolute atomic E-state index is 11.4. The number of anilines is 4. The normalized spacial score (nSPS) is 18.7. The molecule has 3 N–H and O–H groups in total. The van der Waals surface area contributed by atoms with Crippen LogP contribution in [-0.4, -0.2) is 56.6 Å². The Bertz CT molecular complexity index is 1080. The minimum atomic E-state index is -0.110. The van der Waals surface area contributed by atoms with Gasteiger partial charge in [0.15, 0.2) is 5.65 Å². The molecule has 4 rings (SSSR count). The van der Waals surface area contributed by atoms with E-state index in [1.807, 2.05) is 30.5 Å². The highest BCUT2D eigenvalue weighted by atomic mass is 16.1. The average molecular weight is 437 g/mol. The molecular weight excluding hydrogens is 404 g/mol. The topological polar surface area (TPSA) is 99.5 Å². The molecule has 1 saturated carbocycles. The molecule has 2 heterocycles. The molecule has 0 unspecified atom stereocenters. The van der Waals surface area contributed by atoms with Gasteiger partial charge in [-0.3, -0.25) is 4.79 Å². The second-order valence-electron chi connectivity index (χ2n) is 8.63. The van der Waals surface area contributed by atoms with Gasteiger partial charge in [-0.2, -0.15) is 19.6 Å². The van der Waals surface area contributed by atoms with Crippen molar-refractivity contribution in [1.29, 1.82) is 0 Å². The van der Waals surface area contributed by atoms with Gasteiger partial charge in [0, 0.05) is 35.9 Å². The van der Waals surface area contributed by atoms with Crippen molar-refractivity contribution in [2.75, 3.05) is 30.0 Å². The van der Waals surface area contributed by atoms with Crippen molar-refractivity contribution in [3.63, 3.8) is 0 Å². The smallest absolute Gasteiger partial charge is 0.233 e. The molecule has 1 amide bonds. The maximum atomic E-state index is 11.4. The molecule has 0 radical (unpaired) electrons. The molecule has 0 bridgehead atoms. The molecule has 9 heteroatoms. The Balaban J connectivity index is 1.59.